The molecule has 38 heavy (non-hydrogen) atoms. The molecule has 2 fully saturated rings. The number of imide groups is 1. The first kappa shape index (κ1) is 26.0. The molecule has 8 nitrogen and oxygen atoms in total. The number of thioether (sulfide) groups is 1. The zero-order valence-electron chi connectivity index (χ0n) is 20.1. The Bertz CT molecular complexity index is 1370. The molecule has 2 aliphatic rings. The summed E-state index contributed by atoms with van der Waals surface area (Å²) in [7, 11) is 0. The van der Waals surface area contributed by atoms with E-state index in [1.54, 1.807) is 36.5 Å². The lowest BCUT2D eigenvalue weighted by molar-refractivity contribution is -0.137. The largest absolute Gasteiger partial charge is 0.460 e. The Kier molecular flexibility index (Phi) is 7.52. The summed E-state index contributed by atoms with van der Waals surface area (Å²) in [5.74, 6) is 1.66. The van der Waals surface area contributed by atoms with E-state index < -0.39 is 22.9 Å². The van der Waals surface area contributed by atoms with E-state index >= 15 is 0 Å². The number of piperidine rings is 1. The maximum atomic E-state index is 13.0. The number of carbonyl (C=O) groups is 2. The molecule has 198 valence electrons. The summed E-state index contributed by atoms with van der Waals surface area (Å²) >= 11 is 0.851. The molecular weight excluding hydrogens is 519 g/mol. The molecule has 0 saturated carbocycles. The van der Waals surface area contributed by atoms with E-state index in [4.69, 9.17) is 4.42 Å². The van der Waals surface area contributed by atoms with E-state index in [2.05, 4.69) is 25.5 Å². The summed E-state index contributed by atoms with van der Waals surface area (Å²) < 4.78 is 44.7. The predicted molar refractivity (Wildman–Crippen MR) is 137 cm³/mol. The van der Waals surface area contributed by atoms with Gasteiger partial charge in [-0.25, -0.2) is 9.97 Å². The zero-order chi connectivity index (χ0) is 26.7. The van der Waals surface area contributed by atoms with Gasteiger partial charge in [0, 0.05) is 24.8 Å². The molecule has 0 spiro atoms. The van der Waals surface area contributed by atoms with Crippen LogP contribution in [-0.4, -0.2) is 40.7 Å². The Morgan fingerprint density at radius 3 is 2.71 bits per heavy atom. The zero-order valence-corrected chi connectivity index (χ0v) is 20.9. The third kappa shape index (κ3) is 6.25. The van der Waals surface area contributed by atoms with E-state index in [0.717, 1.165) is 56.4 Å². The number of halogens is 3. The summed E-state index contributed by atoms with van der Waals surface area (Å²) in [6.45, 7) is 2.81. The Balaban J connectivity index is 1.10. The van der Waals surface area contributed by atoms with Crippen molar-refractivity contribution < 1.29 is 27.2 Å². The van der Waals surface area contributed by atoms with Crippen LogP contribution in [0.5, 0.6) is 0 Å². The van der Waals surface area contributed by atoms with Gasteiger partial charge < -0.3 is 14.6 Å². The van der Waals surface area contributed by atoms with Gasteiger partial charge in [-0.3, -0.25) is 14.9 Å². The molecule has 0 bridgehead atoms. The average Bonchev–Trinajstić information content (AvgIpc) is 3.50. The van der Waals surface area contributed by atoms with Crippen molar-refractivity contribution in [3.8, 4) is 11.3 Å². The number of rotatable bonds is 7. The molecule has 1 aromatic carbocycles. The smallest absolute Gasteiger partial charge is 0.416 e. The predicted octanol–water partition coefficient (Wildman–Crippen LogP) is 5.09. The van der Waals surface area contributed by atoms with Gasteiger partial charge in [0.25, 0.3) is 11.1 Å². The lowest BCUT2D eigenvalue weighted by Crippen LogP contribution is -2.38. The highest BCUT2D eigenvalue weighted by molar-refractivity contribution is 8.18. The van der Waals surface area contributed by atoms with Crippen molar-refractivity contribution >= 4 is 34.9 Å². The van der Waals surface area contributed by atoms with Crippen LogP contribution in [-0.2, 0) is 17.5 Å². The highest BCUT2D eigenvalue weighted by Crippen LogP contribution is 2.33. The number of carbonyl (C=O) groups excluding carboxylic acids is 2. The van der Waals surface area contributed by atoms with E-state index in [0.29, 0.717) is 46.1 Å². The highest BCUT2D eigenvalue weighted by atomic mass is 32.2. The first-order chi connectivity index (χ1) is 18.2. The number of furan rings is 1. The standard InChI is InChI=1S/C26H24F3N5O3S/c27-26(28,29)18-3-1-2-17(12-18)21-5-4-20(37-21)15-30-14-16-7-10-34(11-8-16)24-31-9-6-19(32-24)13-22-23(35)33-25(36)38-22/h1-6,9,12-13,16,30H,7-8,10-11,14-15H2,(H,33,35,36). The van der Waals surface area contributed by atoms with Crippen LogP contribution in [0.1, 0.15) is 29.9 Å². The van der Waals surface area contributed by atoms with E-state index in [1.165, 1.54) is 6.07 Å². The van der Waals surface area contributed by atoms with Gasteiger partial charge in [0.2, 0.25) is 5.95 Å². The van der Waals surface area contributed by atoms with Gasteiger partial charge in [0.05, 0.1) is 22.7 Å². The summed E-state index contributed by atoms with van der Waals surface area (Å²) in [5, 5.41) is 5.22. The second-order valence-electron chi connectivity index (χ2n) is 9.04. The van der Waals surface area contributed by atoms with Gasteiger partial charge in [-0.15, -0.1) is 0 Å². The number of aromatic nitrogens is 2. The fraction of sp³-hybridized carbons (Fsp3) is 0.308. The molecule has 2 amide bonds. The molecule has 2 aromatic heterocycles. The van der Waals surface area contributed by atoms with Crippen molar-refractivity contribution in [2.45, 2.75) is 25.6 Å². The summed E-state index contributed by atoms with van der Waals surface area (Å²) in [4.78, 5) is 34.4. The van der Waals surface area contributed by atoms with Gasteiger partial charge in [-0.1, -0.05) is 12.1 Å². The minimum Gasteiger partial charge on any atom is -0.460 e. The number of nitrogens with zero attached hydrogens (tertiary/aromatic N) is 3. The van der Waals surface area contributed by atoms with Crippen molar-refractivity contribution in [2.75, 3.05) is 24.5 Å². The summed E-state index contributed by atoms with van der Waals surface area (Å²) in [6.07, 6.45) is 0.687. The molecular formula is C26H24F3N5O3S. The Morgan fingerprint density at radius 2 is 1.97 bits per heavy atom. The van der Waals surface area contributed by atoms with Gasteiger partial charge in [-0.2, -0.15) is 13.2 Å². The Hall–Kier alpha value is -3.64. The van der Waals surface area contributed by atoms with Crippen LogP contribution in [0.3, 0.4) is 0 Å². The van der Waals surface area contributed by atoms with Crippen LogP contribution in [0, 0.1) is 5.92 Å². The Labute approximate surface area is 220 Å². The number of hydrogen-bond acceptors (Lipinski definition) is 8. The van der Waals surface area contributed by atoms with Crippen molar-refractivity contribution in [1.29, 1.82) is 0 Å². The number of anilines is 1. The fourth-order valence-electron chi connectivity index (χ4n) is 4.36. The van der Waals surface area contributed by atoms with Crippen molar-refractivity contribution in [3.05, 3.63) is 70.6 Å². The molecule has 12 heteroatoms. The second kappa shape index (κ2) is 11.0. The molecule has 5 rings (SSSR count). The van der Waals surface area contributed by atoms with Crippen LogP contribution >= 0.6 is 11.8 Å². The van der Waals surface area contributed by atoms with Crippen molar-refractivity contribution in [3.63, 3.8) is 0 Å². The molecule has 2 N–H and O–H groups in total. The average molecular weight is 544 g/mol. The van der Waals surface area contributed by atoms with Gasteiger partial charge in [0.15, 0.2) is 0 Å². The Morgan fingerprint density at radius 1 is 1.16 bits per heavy atom. The van der Waals surface area contributed by atoms with Crippen LogP contribution < -0.4 is 15.5 Å². The van der Waals surface area contributed by atoms with E-state index in [1.807, 2.05) is 0 Å². The van der Waals surface area contributed by atoms with E-state index in [-0.39, 0.29) is 0 Å². The molecule has 4 heterocycles. The third-order valence-corrected chi connectivity index (χ3v) is 7.16. The monoisotopic (exact) mass is 543 g/mol. The van der Waals surface area contributed by atoms with E-state index in [9.17, 15) is 22.8 Å². The quantitative estimate of drug-likeness (QED) is 0.398. The lowest BCUT2D eigenvalue weighted by atomic mass is 9.97. The number of nitrogens with one attached hydrogen (secondary N) is 2. The minimum atomic E-state index is -4.40. The molecule has 0 radical (unpaired) electrons. The van der Waals surface area contributed by atoms with Crippen LogP contribution in [0.2, 0.25) is 0 Å². The number of hydrogen-bond donors (Lipinski definition) is 2. The van der Waals surface area contributed by atoms with Crippen LogP contribution in [0.15, 0.2) is 58.0 Å². The summed E-state index contributed by atoms with van der Waals surface area (Å²) in [5.41, 5.74) is 0.247. The van der Waals surface area contributed by atoms with Crippen molar-refractivity contribution in [2.24, 2.45) is 5.92 Å². The van der Waals surface area contributed by atoms with Crippen molar-refractivity contribution in [1.82, 2.24) is 20.6 Å². The lowest BCUT2D eigenvalue weighted by Gasteiger charge is -2.32. The first-order valence-corrected chi connectivity index (χ1v) is 12.9. The maximum Gasteiger partial charge on any atom is 0.416 e. The molecule has 0 unspecified atom stereocenters. The topological polar surface area (TPSA) is 100 Å². The number of amides is 2. The van der Waals surface area contributed by atoms with Gasteiger partial charge >= 0.3 is 6.18 Å². The molecule has 2 aliphatic heterocycles. The number of alkyl halides is 3. The van der Waals surface area contributed by atoms with Crippen LogP contribution in [0.4, 0.5) is 23.9 Å². The molecule has 0 aliphatic carbocycles. The number of benzene rings is 1. The van der Waals surface area contributed by atoms with Gasteiger partial charge in [0.1, 0.15) is 11.5 Å². The van der Waals surface area contributed by atoms with Gasteiger partial charge in [-0.05, 0) is 73.5 Å². The summed E-state index contributed by atoms with van der Waals surface area (Å²) in [6, 6.07) is 10.3. The molecule has 3 aromatic rings. The maximum absolute atomic E-state index is 13.0. The SMILES string of the molecule is O=C1NC(=O)C(=Cc2ccnc(N3CCC(CNCc4ccc(-c5cccc(C(F)(F)F)c5)o4)CC3)n2)S1. The third-order valence-electron chi connectivity index (χ3n) is 6.35. The second-order valence-corrected chi connectivity index (χ2v) is 10.1. The fourth-order valence-corrected chi connectivity index (χ4v) is 5.03. The molecule has 0 atom stereocenters. The first-order valence-electron chi connectivity index (χ1n) is 12.0. The minimum absolute atomic E-state index is 0.308. The highest BCUT2D eigenvalue weighted by Gasteiger charge is 2.30. The molecule has 2 saturated heterocycles. The van der Waals surface area contributed by atoms with Crippen LogP contribution in [0.25, 0.3) is 17.4 Å². The normalized spacial score (nSPS) is 17.9.